The monoisotopic (exact) mass is 241 g/mol. The van der Waals surface area contributed by atoms with Crippen molar-refractivity contribution in [3.05, 3.63) is 12.7 Å². The quantitative estimate of drug-likeness (QED) is 0.546. The third-order valence-corrected chi connectivity index (χ3v) is 2.28. The smallest absolute Gasteiger partial charge is 0.308 e. The fourth-order valence-corrected chi connectivity index (χ4v) is 1.29. The zero-order chi connectivity index (χ0) is 13.6. The van der Waals surface area contributed by atoms with Crippen molar-refractivity contribution in [2.45, 2.75) is 40.2 Å². The standard InChI is InChI=1S/C13H23NO3/c1-7-11(15)14(13(4,5)6)8-9-17-12(16)10(2)3/h7,10H,1,8-9H2,2-6H3. The Hall–Kier alpha value is -1.32. The average Bonchev–Trinajstić information content (AvgIpc) is 2.21. The molecule has 0 rings (SSSR count). The Morgan fingerprint density at radius 3 is 2.24 bits per heavy atom. The van der Waals surface area contributed by atoms with E-state index in [1.54, 1.807) is 18.7 Å². The minimum absolute atomic E-state index is 0.145. The van der Waals surface area contributed by atoms with Gasteiger partial charge in [-0.05, 0) is 26.8 Å². The minimum atomic E-state index is -0.310. The Bertz CT molecular complexity index is 290. The summed E-state index contributed by atoms with van der Waals surface area (Å²) in [5, 5.41) is 0. The Morgan fingerprint density at radius 1 is 1.35 bits per heavy atom. The molecule has 4 heteroatoms. The number of carbonyl (C=O) groups is 2. The lowest BCUT2D eigenvalue weighted by molar-refractivity contribution is -0.149. The first kappa shape index (κ1) is 15.7. The molecule has 0 aliphatic heterocycles. The van der Waals surface area contributed by atoms with E-state index in [1.807, 2.05) is 20.8 Å². The predicted molar refractivity (Wildman–Crippen MR) is 67.5 cm³/mol. The molecule has 17 heavy (non-hydrogen) atoms. The Balaban J connectivity index is 4.34. The number of nitrogens with zero attached hydrogens (tertiary/aromatic N) is 1. The van der Waals surface area contributed by atoms with Crippen LogP contribution in [0.4, 0.5) is 0 Å². The molecule has 4 nitrogen and oxygen atoms in total. The van der Waals surface area contributed by atoms with Crippen LogP contribution in [0.1, 0.15) is 34.6 Å². The second-order valence-corrected chi connectivity index (χ2v) is 5.19. The highest BCUT2D eigenvalue weighted by Gasteiger charge is 2.24. The van der Waals surface area contributed by atoms with E-state index in [0.717, 1.165) is 0 Å². The summed E-state index contributed by atoms with van der Waals surface area (Å²) in [5.74, 6) is -0.545. The molecular weight excluding hydrogens is 218 g/mol. The van der Waals surface area contributed by atoms with Crippen LogP contribution in [0, 0.1) is 5.92 Å². The zero-order valence-corrected chi connectivity index (χ0v) is 11.4. The van der Waals surface area contributed by atoms with Crippen molar-refractivity contribution in [3.63, 3.8) is 0 Å². The van der Waals surface area contributed by atoms with Gasteiger partial charge in [0.1, 0.15) is 6.61 Å². The zero-order valence-electron chi connectivity index (χ0n) is 11.4. The van der Waals surface area contributed by atoms with Crippen LogP contribution in [0.15, 0.2) is 12.7 Å². The number of rotatable bonds is 5. The average molecular weight is 241 g/mol. The molecule has 1 amide bonds. The van der Waals surface area contributed by atoms with Crippen molar-refractivity contribution < 1.29 is 14.3 Å². The lowest BCUT2D eigenvalue weighted by Gasteiger charge is -2.34. The molecule has 0 fully saturated rings. The molecule has 98 valence electrons. The van der Waals surface area contributed by atoms with E-state index in [9.17, 15) is 9.59 Å². The van der Waals surface area contributed by atoms with Crippen LogP contribution in [0.2, 0.25) is 0 Å². The summed E-state index contributed by atoms with van der Waals surface area (Å²) in [6, 6.07) is 0. The van der Waals surface area contributed by atoms with Gasteiger partial charge in [0.2, 0.25) is 5.91 Å². The molecule has 0 radical (unpaired) electrons. The fraction of sp³-hybridized carbons (Fsp3) is 0.692. The topological polar surface area (TPSA) is 46.6 Å². The van der Waals surface area contributed by atoms with Crippen LogP contribution >= 0.6 is 0 Å². The molecule has 0 saturated heterocycles. The fourth-order valence-electron chi connectivity index (χ4n) is 1.29. The first-order valence-electron chi connectivity index (χ1n) is 5.80. The second-order valence-electron chi connectivity index (χ2n) is 5.19. The number of amides is 1. The van der Waals surface area contributed by atoms with Gasteiger partial charge in [0.15, 0.2) is 0 Å². The predicted octanol–water partition coefficient (Wildman–Crippen LogP) is 2.00. The van der Waals surface area contributed by atoms with Gasteiger partial charge in [0.05, 0.1) is 12.5 Å². The van der Waals surface area contributed by atoms with Gasteiger partial charge in [0.25, 0.3) is 0 Å². The molecule has 0 atom stereocenters. The van der Waals surface area contributed by atoms with Gasteiger partial charge < -0.3 is 9.64 Å². The van der Waals surface area contributed by atoms with Gasteiger partial charge in [-0.15, -0.1) is 0 Å². The number of carbonyl (C=O) groups excluding carboxylic acids is 2. The van der Waals surface area contributed by atoms with Crippen LogP contribution in [0.5, 0.6) is 0 Å². The minimum Gasteiger partial charge on any atom is -0.464 e. The van der Waals surface area contributed by atoms with Crippen LogP contribution in [0.3, 0.4) is 0 Å². The highest BCUT2D eigenvalue weighted by molar-refractivity contribution is 5.87. The van der Waals surface area contributed by atoms with Crippen LogP contribution in [0.25, 0.3) is 0 Å². The van der Waals surface area contributed by atoms with Crippen molar-refractivity contribution >= 4 is 11.9 Å². The summed E-state index contributed by atoms with van der Waals surface area (Å²) >= 11 is 0. The van der Waals surface area contributed by atoms with E-state index in [1.165, 1.54) is 6.08 Å². The van der Waals surface area contributed by atoms with E-state index in [0.29, 0.717) is 6.54 Å². The summed E-state index contributed by atoms with van der Waals surface area (Å²) < 4.78 is 5.06. The maximum absolute atomic E-state index is 11.6. The lowest BCUT2D eigenvalue weighted by atomic mass is 10.1. The van der Waals surface area contributed by atoms with Crippen LogP contribution in [-0.4, -0.2) is 35.5 Å². The van der Waals surface area contributed by atoms with Crippen molar-refractivity contribution in [2.75, 3.05) is 13.2 Å². The number of hydrogen-bond acceptors (Lipinski definition) is 3. The van der Waals surface area contributed by atoms with Crippen LogP contribution in [-0.2, 0) is 14.3 Å². The maximum atomic E-state index is 11.6. The first-order valence-corrected chi connectivity index (χ1v) is 5.80. The van der Waals surface area contributed by atoms with Crippen molar-refractivity contribution in [1.82, 2.24) is 4.90 Å². The van der Waals surface area contributed by atoms with E-state index in [-0.39, 0.29) is 29.9 Å². The lowest BCUT2D eigenvalue weighted by Crippen LogP contribution is -2.46. The number of hydrogen-bond donors (Lipinski definition) is 0. The summed E-state index contributed by atoms with van der Waals surface area (Å²) in [5.41, 5.74) is -0.310. The largest absolute Gasteiger partial charge is 0.464 e. The van der Waals surface area contributed by atoms with Gasteiger partial charge >= 0.3 is 5.97 Å². The molecule has 0 heterocycles. The molecule has 0 saturated carbocycles. The highest BCUT2D eigenvalue weighted by Crippen LogP contribution is 2.13. The highest BCUT2D eigenvalue weighted by atomic mass is 16.5. The van der Waals surface area contributed by atoms with Gasteiger partial charge in [-0.25, -0.2) is 0 Å². The molecule has 0 aromatic heterocycles. The third kappa shape index (κ3) is 5.52. The molecule has 0 aliphatic rings. The summed E-state index contributed by atoms with van der Waals surface area (Å²) in [6.45, 7) is 13.4. The van der Waals surface area contributed by atoms with E-state index in [2.05, 4.69) is 6.58 Å². The van der Waals surface area contributed by atoms with Gasteiger partial charge in [-0.2, -0.15) is 0 Å². The number of ether oxygens (including phenoxy) is 1. The summed E-state index contributed by atoms with van der Waals surface area (Å²) in [7, 11) is 0. The molecule has 0 N–H and O–H groups in total. The van der Waals surface area contributed by atoms with E-state index in [4.69, 9.17) is 4.74 Å². The van der Waals surface area contributed by atoms with Gasteiger partial charge in [-0.1, -0.05) is 20.4 Å². The molecule has 0 aliphatic carbocycles. The Morgan fingerprint density at radius 2 is 1.88 bits per heavy atom. The van der Waals surface area contributed by atoms with Gasteiger partial charge in [-0.3, -0.25) is 9.59 Å². The van der Waals surface area contributed by atoms with Crippen molar-refractivity contribution in [1.29, 1.82) is 0 Å². The van der Waals surface area contributed by atoms with E-state index >= 15 is 0 Å². The summed E-state index contributed by atoms with van der Waals surface area (Å²) in [4.78, 5) is 24.5. The molecule has 0 aromatic carbocycles. The molecule has 0 spiro atoms. The molecule has 0 bridgehead atoms. The Kier molecular flexibility index (Phi) is 5.93. The molecule has 0 aromatic rings. The molecule has 0 unspecified atom stereocenters. The molecular formula is C13H23NO3. The second kappa shape index (κ2) is 6.42. The van der Waals surface area contributed by atoms with Crippen molar-refractivity contribution in [3.8, 4) is 0 Å². The summed E-state index contributed by atoms with van der Waals surface area (Å²) in [6.07, 6.45) is 1.27. The third-order valence-electron chi connectivity index (χ3n) is 2.28. The maximum Gasteiger partial charge on any atom is 0.308 e. The van der Waals surface area contributed by atoms with E-state index < -0.39 is 0 Å². The van der Waals surface area contributed by atoms with Crippen molar-refractivity contribution in [2.24, 2.45) is 5.92 Å². The Labute approximate surface area is 104 Å². The normalized spacial score (nSPS) is 11.2. The van der Waals surface area contributed by atoms with Crippen LogP contribution < -0.4 is 0 Å². The SMILES string of the molecule is C=CC(=O)N(CCOC(=O)C(C)C)C(C)(C)C. The number of esters is 1. The van der Waals surface area contributed by atoms with Gasteiger partial charge in [0, 0.05) is 5.54 Å². The first-order chi connectivity index (χ1) is 7.70.